The van der Waals surface area contributed by atoms with Gasteiger partial charge >= 0.3 is 5.97 Å². The van der Waals surface area contributed by atoms with Gasteiger partial charge in [0.15, 0.2) is 0 Å². The molecule has 1 saturated carbocycles. The molecular formula is C13H24O2. The van der Waals surface area contributed by atoms with Gasteiger partial charge in [-0.25, -0.2) is 0 Å². The zero-order valence-electron chi connectivity index (χ0n) is 10.5. The fourth-order valence-corrected chi connectivity index (χ4v) is 2.16. The lowest BCUT2D eigenvalue weighted by Gasteiger charge is -2.26. The van der Waals surface area contributed by atoms with E-state index in [1.165, 1.54) is 25.7 Å². The molecule has 2 heteroatoms. The number of hydrogen-bond donors (Lipinski definition) is 0. The van der Waals surface area contributed by atoms with Crippen molar-refractivity contribution >= 4 is 5.97 Å². The van der Waals surface area contributed by atoms with Gasteiger partial charge < -0.3 is 4.74 Å². The van der Waals surface area contributed by atoms with Gasteiger partial charge in [-0.15, -0.1) is 0 Å². The molecule has 0 amide bonds. The topological polar surface area (TPSA) is 26.3 Å². The SMILES string of the molecule is CCC(OC(=O)C(C)(C)C)C1CCCC1. The van der Waals surface area contributed by atoms with Gasteiger partial charge in [0.1, 0.15) is 6.10 Å². The van der Waals surface area contributed by atoms with Gasteiger partial charge in [0.25, 0.3) is 0 Å². The second kappa shape index (κ2) is 5.00. The highest BCUT2D eigenvalue weighted by Gasteiger charge is 2.30. The molecule has 1 unspecified atom stereocenters. The summed E-state index contributed by atoms with van der Waals surface area (Å²) >= 11 is 0. The third-order valence-electron chi connectivity index (χ3n) is 3.20. The predicted octanol–water partition coefficient (Wildman–Crippen LogP) is 3.54. The molecule has 1 atom stereocenters. The van der Waals surface area contributed by atoms with Crippen molar-refractivity contribution in [1.82, 2.24) is 0 Å². The van der Waals surface area contributed by atoms with Crippen molar-refractivity contribution in [2.24, 2.45) is 11.3 Å². The maximum absolute atomic E-state index is 11.8. The Morgan fingerprint density at radius 1 is 1.33 bits per heavy atom. The molecule has 0 N–H and O–H groups in total. The maximum Gasteiger partial charge on any atom is 0.311 e. The highest BCUT2D eigenvalue weighted by molar-refractivity contribution is 5.75. The summed E-state index contributed by atoms with van der Waals surface area (Å²) in [7, 11) is 0. The first kappa shape index (κ1) is 12.5. The van der Waals surface area contributed by atoms with Crippen LogP contribution < -0.4 is 0 Å². The molecule has 0 aromatic rings. The Bertz CT molecular complexity index is 209. The van der Waals surface area contributed by atoms with Crippen LogP contribution in [0.2, 0.25) is 0 Å². The lowest BCUT2D eigenvalue weighted by atomic mass is 9.95. The van der Waals surface area contributed by atoms with Crippen LogP contribution in [0.25, 0.3) is 0 Å². The van der Waals surface area contributed by atoms with E-state index in [9.17, 15) is 4.79 Å². The number of carbonyl (C=O) groups excluding carboxylic acids is 1. The number of esters is 1. The molecule has 0 aromatic carbocycles. The van der Waals surface area contributed by atoms with Crippen LogP contribution in [0.3, 0.4) is 0 Å². The summed E-state index contributed by atoms with van der Waals surface area (Å²) in [4.78, 5) is 11.8. The third kappa shape index (κ3) is 3.51. The predicted molar refractivity (Wildman–Crippen MR) is 61.6 cm³/mol. The van der Waals surface area contributed by atoms with Crippen LogP contribution in [-0.2, 0) is 9.53 Å². The first-order valence-corrected chi connectivity index (χ1v) is 6.16. The van der Waals surface area contributed by atoms with Gasteiger partial charge in [0.2, 0.25) is 0 Å². The molecule has 2 nitrogen and oxygen atoms in total. The van der Waals surface area contributed by atoms with Crippen LogP contribution in [0.1, 0.15) is 59.8 Å². The first-order valence-electron chi connectivity index (χ1n) is 6.16. The number of ether oxygens (including phenoxy) is 1. The minimum absolute atomic E-state index is 0.0544. The van der Waals surface area contributed by atoms with Crippen LogP contribution in [0.15, 0.2) is 0 Å². The fraction of sp³-hybridized carbons (Fsp3) is 0.923. The van der Waals surface area contributed by atoms with Gasteiger partial charge in [-0.3, -0.25) is 4.79 Å². The Labute approximate surface area is 93.4 Å². The molecule has 0 bridgehead atoms. The highest BCUT2D eigenvalue weighted by Crippen LogP contribution is 2.31. The summed E-state index contributed by atoms with van der Waals surface area (Å²) in [5.41, 5.74) is -0.369. The molecule has 1 rings (SSSR count). The summed E-state index contributed by atoms with van der Waals surface area (Å²) < 4.78 is 5.61. The minimum atomic E-state index is -0.369. The average molecular weight is 212 g/mol. The average Bonchev–Trinajstić information content (AvgIpc) is 2.64. The number of hydrogen-bond acceptors (Lipinski definition) is 2. The summed E-state index contributed by atoms with van der Waals surface area (Å²) in [6, 6.07) is 0. The molecule has 1 aliphatic rings. The molecule has 15 heavy (non-hydrogen) atoms. The van der Waals surface area contributed by atoms with Crippen LogP contribution in [0.4, 0.5) is 0 Å². The van der Waals surface area contributed by atoms with Crippen molar-refractivity contribution in [3.63, 3.8) is 0 Å². The van der Waals surface area contributed by atoms with Crippen LogP contribution in [0, 0.1) is 11.3 Å². The van der Waals surface area contributed by atoms with Crippen LogP contribution in [-0.4, -0.2) is 12.1 Å². The normalized spacial score (nSPS) is 20.3. The molecule has 0 aliphatic heterocycles. The smallest absolute Gasteiger partial charge is 0.311 e. The zero-order valence-corrected chi connectivity index (χ0v) is 10.5. The van der Waals surface area contributed by atoms with Crippen molar-refractivity contribution < 1.29 is 9.53 Å². The van der Waals surface area contributed by atoms with E-state index < -0.39 is 0 Å². The van der Waals surface area contributed by atoms with Crippen LogP contribution >= 0.6 is 0 Å². The van der Waals surface area contributed by atoms with E-state index in [1.807, 2.05) is 20.8 Å². The Kier molecular flexibility index (Phi) is 4.18. The Morgan fingerprint density at radius 3 is 2.27 bits per heavy atom. The van der Waals surface area contributed by atoms with E-state index in [-0.39, 0.29) is 17.5 Å². The molecule has 1 aliphatic carbocycles. The van der Waals surface area contributed by atoms with Crippen molar-refractivity contribution in [3.05, 3.63) is 0 Å². The summed E-state index contributed by atoms with van der Waals surface area (Å²) in [6.45, 7) is 7.85. The van der Waals surface area contributed by atoms with E-state index >= 15 is 0 Å². The van der Waals surface area contributed by atoms with Gasteiger partial charge in [-0.05, 0) is 46.0 Å². The van der Waals surface area contributed by atoms with Crippen molar-refractivity contribution in [3.8, 4) is 0 Å². The molecule has 0 spiro atoms. The Morgan fingerprint density at radius 2 is 1.87 bits per heavy atom. The first-order chi connectivity index (χ1) is 6.95. The molecule has 0 radical (unpaired) electrons. The molecule has 0 aromatic heterocycles. The second-order valence-corrected chi connectivity index (χ2v) is 5.65. The van der Waals surface area contributed by atoms with Gasteiger partial charge in [0.05, 0.1) is 5.41 Å². The van der Waals surface area contributed by atoms with E-state index in [0.29, 0.717) is 5.92 Å². The molecule has 88 valence electrons. The summed E-state index contributed by atoms with van der Waals surface area (Å²) in [5, 5.41) is 0. The quantitative estimate of drug-likeness (QED) is 0.669. The van der Waals surface area contributed by atoms with Crippen molar-refractivity contribution in [2.75, 3.05) is 0 Å². The van der Waals surface area contributed by atoms with Crippen LogP contribution in [0.5, 0.6) is 0 Å². The highest BCUT2D eigenvalue weighted by atomic mass is 16.5. The molecule has 0 heterocycles. The number of rotatable bonds is 3. The lowest BCUT2D eigenvalue weighted by Crippen LogP contribution is -2.31. The molecule has 0 saturated heterocycles. The Hall–Kier alpha value is -0.530. The summed E-state index contributed by atoms with van der Waals surface area (Å²) in [6.07, 6.45) is 6.17. The Balaban J connectivity index is 2.49. The van der Waals surface area contributed by atoms with E-state index in [1.54, 1.807) is 0 Å². The zero-order chi connectivity index (χ0) is 11.5. The van der Waals surface area contributed by atoms with E-state index in [4.69, 9.17) is 4.74 Å². The van der Waals surface area contributed by atoms with E-state index in [0.717, 1.165) is 6.42 Å². The van der Waals surface area contributed by atoms with Gasteiger partial charge in [-0.2, -0.15) is 0 Å². The largest absolute Gasteiger partial charge is 0.462 e. The molecule has 1 fully saturated rings. The van der Waals surface area contributed by atoms with E-state index in [2.05, 4.69) is 6.92 Å². The van der Waals surface area contributed by atoms with Gasteiger partial charge in [0, 0.05) is 0 Å². The van der Waals surface area contributed by atoms with Crippen molar-refractivity contribution in [2.45, 2.75) is 65.9 Å². The lowest BCUT2D eigenvalue weighted by molar-refractivity contribution is -0.161. The third-order valence-corrected chi connectivity index (χ3v) is 3.20. The summed E-state index contributed by atoms with van der Waals surface area (Å²) in [5.74, 6) is 0.558. The maximum atomic E-state index is 11.8. The number of carbonyl (C=O) groups is 1. The molecular weight excluding hydrogens is 188 g/mol. The standard InChI is InChI=1S/C13H24O2/c1-5-11(10-8-6-7-9-10)15-12(14)13(2,3)4/h10-11H,5-9H2,1-4H3. The monoisotopic (exact) mass is 212 g/mol. The van der Waals surface area contributed by atoms with Crippen molar-refractivity contribution in [1.29, 1.82) is 0 Å². The fourth-order valence-electron chi connectivity index (χ4n) is 2.16. The second-order valence-electron chi connectivity index (χ2n) is 5.65. The minimum Gasteiger partial charge on any atom is -0.462 e. The van der Waals surface area contributed by atoms with Gasteiger partial charge in [-0.1, -0.05) is 19.8 Å².